The van der Waals surface area contributed by atoms with Crippen molar-refractivity contribution in [2.24, 2.45) is 17.6 Å². The third kappa shape index (κ3) is 3.30. The molecule has 2 heteroatoms. The normalized spacial score (nSPS) is 30.4. The van der Waals surface area contributed by atoms with E-state index in [-0.39, 0.29) is 6.17 Å². The van der Waals surface area contributed by atoms with Crippen LogP contribution in [0.4, 0.5) is 0 Å². The molecule has 0 spiro atoms. The van der Waals surface area contributed by atoms with E-state index in [1.165, 1.54) is 5.56 Å². The summed E-state index contributed by atoms with van der Waals surface area (Å²) in [6.45, 7) is 6.89. The summed E-state index contributed by atoms with van der Waals surface area (Å²) in [5.41, 5.74) is 7.63. The van der Waals surface area contributed by atoms with E-state index in [1.54, 1.807) is 0 Å². The number of likely N-dealkylation sites (tertiary alicyclic amines) is 1. The molecule has 0 aliphatic carbocycles. The molecule has 0 saturated carbocycles. The number of hydrogen-bond acceptors (Lipinski definition) is 2. The second-order valence-corrected chi connectivity index (χ2v) is 5.49. The molecule has 0 aromatic heterocycles. The zero-order chi connectivity index (χ0) is 12.3. The van der Waals surface area contributed by atoms with Crippen LogP contribution >= 0.6 is 0 Å². The highest BCUT2D eigenvalue weighted by molar-refractivity contribution is 5.14. The Morgan fingerprint density at radius 3 is 2.59 bits per heavy atom. The average Bonchev–Trinajstić information content (AvgIpc) is 2.33. The second-order valence-electron chi connectivity index (χ2n) is 5.49. The summed E-state index contributed by atoms with van der Waals surface area (Å²) < 4.78 is 0. The molecule has 3 atom stereocenters. The van der Waals surface area contributed by atoms with Crippen LogP contribution < -0.4 is 5.73 Å². The van der Waals surface area contributed by atoms with Crippen molar-refractivity contribution in [1.29, 1.82) is 0 Å². The molecule has 1 aromatic rings. The Labute approximate surface area is 105 Å². The topological polar surface area (TPSA) is 29.3 Å². The van der Waals surface area contributed by atoms with Gasteiger partial charge in [0, 0.05) is 13.1 Å². The van der Waals surface area contributed by atoms with Crippen LogP contribution in [0.3, 0.4) is 0 Å². The largest absolute Gasteiger partial charge is 0.316 e. The number of hydrogen-bond donors (Lipinski definition) is 1. The van der Waals surface area contributed by atoms with Crippen molar-refractivity contribution in [2.45, 2.75) is 32.9 Å². The van der Waals surface area contributed by atoms with Crippen LogP contribution in [0.1, 0.15) is 25.8 Å². The van der Waals surface area contributed by atoms with Crippen LogP contribution in [-0.4, -0.2) is 24.2 Å². The standard InChI is InChI=1S/C15H24N2/c1-12-10-15(16)17(11-13(12)2)9-8-14-6-4-3-5-7-14/h3-7,12-13,15H,8-11,16H2,1-2H3. The molecule has 3 unspecified atom stereocenters. The lowest BCUT2D eigenvalue weighted by Gasteiger charge is -2.40. The van der Waals surface area contributed by atoms with Gasteiger partial charge in [-0.05, 0) is 30.2 Å². The lowest BCUT2D eigenvalue weighted by Crippen LogP contribution is -2.51. The molecule has 1 heterocycles. The van der Waals surface area contributed by atoms with Gasteiger partial charge in [0.2, 0.25) is 0 Å². The molecule has 1 saturated heterocycles. The van der Waals surface area contributed by atoms with Crippen molar-refractivity contribution in [1.82, 2.24) is 4.90 Å². The highest BCUT2D eigenvalue weighted by atomic mass is 15.2. The van der Waals surface area contributed by atoms with E-state index < -0.39 is 0 Å². The summed E-state index contributed by atoms with van der Waals surface area (Å²) in [5.74, 6) is 1.53. The molecule has 1 aliphatic heterocycles. The molecular weight excluding hydrogens is 208 g/mol. The quantitative estimate of drug-likeness (QED) is 0.867. The highest BCUT2D eigenvalue weighted by Crippen LogP contribution is 2.25. The maximum atomic E-state index is 6.22. The predicted octanol–water partition coefficient (Wildman–Crippen LogP) is 2.49. The Morgan fingerprint density at radius 2 is 1.88 bits per heavy atom. The van der Waals surface area contributed by atoms with Gasteiger partial charge < -0.3 is 5.73 Å². The summed E-state index contributed by atoms with van der Waals surface area (Å²) in [6.07, 6.45) is 2.50. The number of piperidine rings is 1. The Morgan fingerprint density at radius 1 is 1.18 bits per heavy atom. The van der Waals surface area contributed by atoms with Gasteiger partial charge in [-0.2, -0.15) is 0 Å². The molecule has 94 valence electrons. The summed E-state index contributed by atoms with van der Waals surface area (Å²) in [5, 5.41) is 0. The summed E-state index contributed by atoms with van der Waals surface area (Å²) >= 11 is 0. The van der Waals surface area contributed by atoms with Crippen LogP contribution in [0, 0.1) is 11.8 Å². The fraction of sp³-hybridized carbons (Fsp3) is 0.600. The van der Waals surface area contributed by atoms with Crippen molar-refractivity contribution in [3.05, 3.63) is 35.9 Å². The van der Waals surface area contributed by atoms with Gasteiger partial charge in [-0.15, -0.1) is 0 Å². The minimum absolute atomic E-state index is 0.255. The Hall–Kier alpha value is -0.860. The Balaban J connectivity index is 1.87. The van der Waals surface area contributed by atoms with Crippen LogP contribution in [0.2, 0.25) is 0 Å². The van der Waals surface area contributed by atoms with Crippen LogP contribution in [0.15, 0.2) is 30.3 Å². The summed E-state index contributed by atoms with van der Waals surface area (Å²) in [7, 11) is 0. The summed E-state index contributed by atoms with van der Waals surface area (Å²) in [4.78, 5) is 2.44. The van der Waals surface area contributed by atoms with E-state index >= 15 is 0 Å². The third-order valence-electron chi connectivity index (χ3n) is 4.11. The SMILES string of the molecule is CC1CC(N)N(CCc2ccccc2)CC1C. The molecule has 0 bridgehead atoms. The van der Waals surface area contributed by atoms with Crippen LogP contribution in [0.5, 0.6) is 0 Å². The van der Waals surface area contributed by atoms with E-state index in [0.717, 1.165) is 37.8 Å². The minimum Gasteiger partial charge on any atom is -0.316 e. The molecule has 1 fully saturated rings. The van der Waals surface area contributed by atoms with Gasteiger partial charge in [0.05, 0.1) is 6.17 Å². The number of rotatable bonds is 3. The van der Waals surface area contributed by atoms with Gasteiger partial charge in [0.25, 0.3) is 0 Å². The van der Waals surface area contributed by atoms with Crippen molar-refractivity contribution >= 4 is 0 Å². The van der Waals surface area contributed by atoms with E-state index in [9.17, 15) is 0 Å². The maximum Gasteiger partial charge on any atom is 0.0574 e. The minimum atomic E-state index is 0.255. The molecule has 2 rings (SSSR count). The van der Waals surface area contributed by atoms with Gasteiger partial charge in [-0.3, -0.25) is 4.90 Å². The van der Waals surface area contributed by atoms with Crippen molar-refractivity contribution in [3.8, 4) is 0 Å². The van der Waals surface area contributed by atoms with E-state index in [0.29, 0.717) is 0 Å². The number of benzene rings is 1. The molecule has 1 aromatic carbocycles. The number of nitrogens with zero attached hydrogens (tertiary/aromatic N) is 1. The van der Waals surface area contributed by atoms with Gasteiger partial charge in [0.15, 0.2) is 0 Å². The summed E-state index contributed by atoms with van der Waals surface area (Å²) in [6, 6.07) is 10.7. The van der Waals surface area contributed by atoms with E-state index in [2.05, 4.69) is 49.1 Å². The maximum absolute atomic E-state index is 6.22. The highest BCUT2D eigenvalue weighted by Gasteiger charge is 2.27. The fourth-order valence-corrected chi connectivity index (χ4v) is 2.62. The van der Waals surface area contributed by atoms with Gasteiger partial charge in [-0.25, -0.2) is 0 Å². The molecule has 1 aliphatic rings. The van der Waals surface area contributed by atoms with Crippen molar-refractivity contribution < 1.29 is 0 Å². The Bertz CT molecular complexity index is 336. The first-order chi connectivity index (χ1) is 8.16. The van der Waals surface area contributed by atoms with Crippen LogP contribution in [-0.2, 0) is 6.42 Å². The molecule has 2 N–H and O–H groups in total. The smallest absolute Gasteiger partial charge is 0.0574 e. The van der Waals surface area contributed by atoms with Crippen molar-refractivity contribution in [2.75, 3.05) is 13.1 Å². The molecule has 2 nitrogen and oxygen atoms in total. The fourth-order valence-electron chi connectivity index (χ4n) is 2.62. The zero-order valence-electron chi connectivity index (χ0n) is 11.0. The molecular formula is C15H24N2. The van der Waals surface area contributed by atoms with E-state index in [4.69, 9.17) is 5.73 Å². The lowest BCUT2D eigenvalue weighted by atomic mass is 9.87. The third-order valence-corrected chi connectivity index (χ3v) is 4.11. The molecule has 17 heavy (non-hydrogen) atoms. The van der Waals surface area contributed by atoms with Crippen LogP contribution in [0.25, 0.3) is 0 Å². The van der Waals surface area contributed by atoms with Gasteiger partial charge >= 0.3 is 0 Å². The zero-order valence-corrected chi connectivity index (χ0v) is 11.0. The second kappa shape index (κ2) is 5.65. The molecule has 0 amide bonds. The lowest BCUT2D eigenvalue weighted by molar-refractivity contribution is 0.0807. The monoisotopic (exact) mass is 232 g/mol. The average molecular weight is 232 g/mol. The first-order valence-corrected chi connectivity index (χ1v) is 6.70. The number of nitrogens with two attached hydrogens (primary N) is 1. The Kier molecular flexibility index (Phi) is 4.19. The first-order valence-electron chi connectivity index (χ1n) is 6.70. The van der Waals surface area contributed by atoms with Crippen molar-refractivity contribution in [3.63, 3.8) is 0 Å². The predicted molar refractivity (Wildman–Crippen MR) is 72.6 cm³/mol. The van der Waals surface area contributed by atoms with E-state index in [1.807, 2.05) is 0 Å². The van der Waals surface area contributed by atoms with Gasteiger partial charge in [0.1, 0.15) is 0 Å². The van der Waals surface area contributed by atoms with Gasteiger partial charge in [-0.1, -0.05) is 44.2 Å². The molecule has 0 radical (unpaired) electrons. The first kappa shape index (κ1) is 12.6.